The maximum atomic E-state index is 12.2. The number of nitrogens with zero attached hydrogens (tertiary/aromatic N) is 4. The van der Waals surface area contributed by atoms with E-state index < -0.39 is 0 Å². The molecule has 0 radical (unpaired) electrons. The number of ether oxygens (including phenoxy) is 2. The first kappa shape index (κ1) is 18.1. The largest absolute Gasteiger partial charge is 0.493 e. The first-order valence-electron chi connectivity index (χ1n) is 8.26. The van der Waals surface area contributed by atoms with Crippen LogP contribution in [0.4, 0.5) is 5.69 Å². The number of anilines is 1. The van der Waals surface area contributed by atoms with Crippen molar-refractivity contribution in [3.05, 3.63) is 60.4 Å². The molecule has 3 aromatic rings. The average Bonchev–Trinajstić information content (AvgIpc) is 3.22. The first-order chi connectivity index (χ1) is 13.2. The zero-order valence-electron chi connectivity index (χ0n) is 15.0. The maximum Gasteiger partial charge on any atom is 0.262 e. The molecule has 1 N–H and O–H groups in total. The number of allylic oxidation sites excluding steroid dienone is 1. The van der Waals surface area contributed by atoms with E-state index in [-0.39, 0.29) is 12.5 Å². The van der Waals surface area contributed by atoms with E-state index >= 15 is 0 Å². The van der Waals surface area contributed by atoms with E-state index in [0.717, 1.165) is 11.3 Å². The summed E-state index contributed by atoms with van der Waals surface area (Å²) < 4.78 is 12.4. The van der Waals surface area contributed by atoms with E-state index in [2.05, 4.69) is 20.8 Å². The number of carbonyl (C=O) groups excluding carboxylic acids is 1. The van der Waals surface area contributed by atoms with Gasteiger partial charge in [0.1, 0.15) is 6.33 Å². The van der Waals surface area contributed by atoms with Gasteiger partial charge in [0.05, 0.1) is 12.8 Å². The number of carbonyl (C=O) groups is 1. The maximum absolute atomic E-state index is 12.2. The van der Waals surface area contributed by atoms with Gasteiger partial charge in [-0.15, -0.1) is 5.10 Å². The van der Waals surface area contributed by atoms with Gasteiger partial charge >= 0.3 is 0 Å². The predicted molar refractivity (Wildman–Crippen MR) is 101 cm³/mol. The van der Waals surface area contributed by atoms with Gasteiger partial charge in [0, 0.05) is 5.69 Å². The standard InChI is InChI=1S/C19H19N5O3/c1-3-5-14-8-9-17(18(10-14)26-2)27-12-19(25)21-15-6-4-7-16(11-15)24-13-20-22-23-24/h3-11,13H,12H2,1-2H3,(H,21,25)/b5-3+. The fourth-order valence-corrected chi connectivity index (χ4v) is 2.45. The van der Waals surface area contributed by atoms with Crippen LogP contribution in [-0.2, 0) is 4.79 Å². The Hall–Kier alpha value is -3.68. The van der Waals surface area contributed by atoms with Gasteiger partial charge in [0.15, 0.2) is 18.1 Å². The van der Waals surface area contributed by atoms with Crippen molar-refractivity contribution in [2.75, 3.05) is 19.0 Å². The number of methoxy groups -OCH3 is 1. The molecule has 0 saturated heterocycles. The van der Waals surface area contributed by atoms with E-state index in [1.807, 2.05) is 37.3 Å². The highest BCUT2D eigenvalue weighted by atomic mass is 16.5. The summed E-state index contributed by atoms with van der Waals surface area (Å²) in [5.74, 6) is 0.783. The molecular weight excluding hydrogens is 346 g/mol. The van der Waals surface area contributed by atoms with Crippen LogP contribution in [0.25, 0.3) is 11.8 Å². The van der Waals surface area contributed by atoms with Crippen molar-refractivity contribution in [1.82, 2.24) is 20.2 Å². The number of hydrogen-bond donors (Lipinski definition) is 1. The molecule has 0 spiro atoms. The lowest BCUT2D eigenvalue weighted by Crippen LogP contribution is -2.20. The minimum absolute atomic E-state index is 0.144. The molecule has 0 unspecified atom stereocenters. The van der Waals surface area contributed by atoms with Crippen LogP contribution in [0.5, 0.6) is 11.5 Å². The fourth-order valence-electron chi connectivity index (χ4n) is 2.45. The van der Waals surface area contributed by atoms with Gasteiger partial charge in [-0.3, -0.25) is 4.79 Å². The molecule has 27 heavy (non-hydrogen) atoms. The van der Waals surface area contributed by atoms with Crippen LogP contribution in [0, 0.1) is 0 Å². The van der Waals surface area contributed by atoms with Crippen LogP contribution in [0.15, 0.2) is 54.9 Å². The van der Waals surface area contributed by atoms with E-state index in [1.165, 1.54) is 11.0 Å². The fraction of sp³-hybridized carbons (Fsp3) is 0.158. The summed E-state index contributed by atoms with van der Waals surface area (Å²) in [4.78, 5) is 12.2. The van der Waals surface area contributed by atoms with E-state index in [1.54, 1.807) is 31.4 Å². The van der Waals surface area contributed by atoms with Crippen molar-refractivity contribution in [3.63, 3.8) is 0 Å². The molecule has 0 aliphatic rings. The number of benzene rings is 2. The monoisotopic (exact) mass is 365 g/mol. The summed E-state index contributed by atoms with van der Waals surface area (Å²) in [7, 11) is 1.56. The summed E-state index contributed by atoms with van der Waals surface area (Å²) in [5.41, 5.74) is 2.34. The van der Waals surface area contributed by atoms with Crippen molar-refractivity contribution in [1.29, 1.82) is 0 Å². The van der Waals surface area contributed by atoms with Crippen LogP contribution in [0.2, 0.25) is 0 Å². The second kappa shape index (κ2) is 8.61. The summed E-state index contributed by atoms with van der Waals surface area (Å²) in [6.07, 6.45) is 5.37. The second-order valence-electron chi connectivity index (χ2n) is 5.55. The van der Waals surface area contributed by atoms with Crippen molar-refractivity contribution in [3.8, 4) is 17.2 Å². The Balaban J connectivity index is 1.63. The molecule has 1 heterocycles. The van der Waals surface area contributed by atoms with Gasteiger partial charge in [0.2, 0.25) is 0 Å². The second-order valence-corrected chi connectivity index (χ2v) is 5.55. The number of amides is 1. The van der Waals surface area contributed by atoms with Crippen molar-refractivity contribution < 1.29 is 14.3 Å². The smallest absolute Gasteiger partial charge is 0.262 e. The molecule has 2 aromatic carbocycles. The third-order valence-electron chi connectivity index (χ3n) is 3.65. The molecule has 1 aromatic heterocycles. The zero-order chi connectivity index (χ0) is 19.1. The van der Waals surface area contributed by atoms with Gasteiger partial charge in [0.25, 0.3) is 5.91 Å². The van der Waals surface area contributed by atoms with Crippen LogP contribution < -0.4 is 14.8 Å². The summed E-state index contributed by atoms with van der Waals surface area (Å²) >= 11 is 0. The molecule has 3 rings (SSSR count). The number of hydrogen-bond acceptors (Lipinski definition) is 6. The topological polar surface area (TPSA) is 91.2 Å². The highest BCUT2D eigenvalue weighted by Gasteiger charge is 2.09. The summed E-state index contributed by atoms with van der Waals surface area (Å²) in [5, 5.41) is 13.8. The van der Waals surface area contributed by atoms with Crippen molar-refractivity contribution in [2.24, 2.45) is 0 Å². The molecule has 0 bridgehead atoms. The Morgan fingerprint density at radius 2 is 2.11 bits per heavy atom. The van der Waals surface area contributed by atoms with E-state index in [0.29, 0.717) is 17.2 Å². The summed E-state index contributed by atoms with van der Waals surface area (Å²) in [6.45, 7) is 1.80. The van der Waals surface area contributed by atoms with Crippen LogP contribution in [-0.4, -0.2) is 39.8 Å². The molecule has 0 saturated carbocycles. The normalized spacial score (nSPS) is 10.7. The molecule has 0 aliphatic heterocycles. The Bertz CT molecular complexity index is 938. The molecule has 0 fully saturated rings. The summed E-state index contributed by atoms with van der Waals surface area (Å²) in [6, 6.07) is 12.7. The highest BCUT2D eigenvalue weighted by Crippen LogP contribution is 2.28. The van der Waals surface area contributed by atoms with Crippen LogP contribution in [0.1, 0.15) is 12.5 Å². The predicted octanol–water partition coefficient (Wildman–Crippen LogP) is 2.72. The number of tetrazole rings is 1. The molecular formula is C19H19N5O3. The van der Waals surface area contributed by atoms with Crippen LogP contribution >= 0.6 is 0 Å². The van der Waals surface area contributed by atoms with Gasteiger partial charge in [-0.05, 0) is 53.2 Å². The lowest BCUT2D eigenvalue weighted by Gasteiger charge is -2.12. The zero-order valence-corrected chi connectivity index (χ0v) is 15.0. The molecule has 0 aliphatic carbocycles. The molecule has 8 heteroatoms. The highest BCUT2D eigenvalue weighted by molar-refractivity contribution is 5.92. The minimum atomic E-state index is -0.288. The van der Waals surface area contributed by atoms with Gasteiger partial charge in [-0.2, -0.15) is 0 Å². The third kappa shape index (κ3) is 4.69. The molecule has 8 nitrogen and oxygen atoms in total. The van der Waals surface area contributed by atoms with Crippen molar-refractivity contribution >= 4 is 17.7 Å². The molecule has 138 valence electrons. The lowest BCUT2D eigenvalue weighted by atomic mass is 10.2. The van der Waals surface area contributed by atoms with E-state index in [4.69, 9.17) is 9.47 Å². The number of rotatable bonds is 7. The quantitative estimate of drug-likeness (QED) is 0.692. The molecule has 1 amide bonds. The molecule has 0 atom stereocenters. The Labute approximate surface area is 156 Å². The van der Waals surface area contributed by atoms with Crippen molar-refractivity contribution in [2.45, 2.75) is 6.92 Å². The Kier molecular flexibility index (Phi) is 5.78. The SMILES string of the molecule is C/C=C/c1ccc(OCC(=O)Nc2cccc(-n3cnnn3)c2)c(OC)c1. The number of aromatic nitrogens is 4. The van der Waals surface area contributed by atoms with E-state index in [9.17, 15) is 4.79 Å². The third-order valence-corrected chi connectivity index (χ3v) is 3.65. The lowest BCUT2D eigenvalue weighted by molar-refractivity contribution is -0.118. The Morgan fingerprint density at radius 3 is 2.85 bits per heavy atom. The average molecular weight is 365 g/mol. The minimum Gasteiger partial charge on any atom is -0.493 e. The van der Waals surface area contributed by atoms with Gasteiger partial charge in [-0.25, -0.2) is 4.68 Å². The Morgan fingerprint density at radius 1 is 1.22 bits per heavy atom. The van der Waals surface area contributed by atoms with Crippen LogP contribution in [0.3, 0.4) is 0 Å². The van der Waals surface area contributed by atoms with Gasteiger partial charge in [-0.1, -0.05) is 24.3 Å². The number of nitrogens with one attached hydrogen (secondary N) is 1. The van der Waals surface area contributed by atoms with Gasteiger partial charge < -0.3 is 14.8 Å². The first-order valence-corrected chi connectivity index (χ1v) is 8.26.